The first kappa shape index (κ1) is 19.3. The van der Waals surface area contributed by atoms with Crippen molar-refractivity contribution in [2.45, 2.75) is 0 Å². The van der Waals surface area contributed by atoms with Crippen LogP contribution in [0, 0.1) is 5.82 Å². The smallest absolute Gasteiger partial charge is 0.253 e. The minimum Gasteiger partial charge on any atom is -0.493 e. The molecule has 0 aliphatic carbocycles. The predicted octanol–water partition coefficient (Wildman–Crippen LogP) is 3.55. The van der Waals surface area contributed by atoms with Crippen molar-refractivity contribution < 1.29 is 23.4 Å². The van der Waals surface area contributed by atoms with Crippen LogP contribution in [-0.2, 0) is 0 Å². The fourth-order valence-electron chi connectivity index (χ4n) is 2.24. The molecule has 0 atom stereocenters. The van der Waals surface area contributed by atoms with Gasteiger partial charge in [-0.15, -0.1) is 0 Å². The largest absolute Gasteiger partial charge is 0.493 e. The summed E-state index contributed by atoms with van der Waals surface area (Å²) in [5.74, 6) is 0.541. The molecule has 2 aromatic carbocycles. The molecule has 138 valence electrons. The van der Waals surface area contributed by atoms with Crippen molar-refractivity contribution in [3.63, 3.8) is 0 Å². The van der Waals surface area contributed by atoms with Crippen LogP contribution in [0.25, 0.3) is 0 Å². The number of ether oxygens (including phenoxy) is 3. The molecular weight excluding hydrogens is 337 g/mol. The quantitative estimate of drug-likeness (QED) is 0.643. The summed E-state index contributed by atoms with van der Waals surface area (Å²) in [4.78, 5) is 14.0. The number of carbonyl (C=O) groups excluding carboxylic acids is 1. The zero-order valence-corrected chi connectivity index (χ0v) is 14.9. The number of nitrogens with zero attached hydrogens (tertiary/aromatic N) is 1. The normalized spacial score (nSPS) is 10.1. The van der Waals surface area contributed by atoms with Gasteiger partial charge in [-0.1, -0.05) is 24.8 Å². The fraction of sp³-hybridized carbons (Fsp3) is 0.250. The molecule has 0 aromatic heterocycles. The van der Waals surface area contributed by atoms with Gasteiger partial charge in [-0.25, -0.2) is 4.39 Å². The maximum Gasteiger partial charge on any atom is 0.253 e. The Bertz CT molecular complexity index is 763. The molecule has 0 fully saturated rings. The fourth-order valence-corrected chi connectivity index (χ4v) is 2.24. The molecule has 0 bridgehead atoms. The van der Waals surface area contributed by atoms with E-state index >= 15 is 0 Å². The maximum absolute atomic E-state index is 13.5. The third-order valence-electron chi connectivity index (χ3n) is 3.63. The summed E-state index contributed by atoms with van der Waals surface area (Å²) in [7, 11) is 3.16. The van der Waals surface area contributed by atoms with E-state index in [2.05, 4.69) is 6.58 Å². The van der Waals surface area contributed by atoms with E-state index in [1.165, 1.54) is 18.1 Å². The molecule has 0 aliphatic rings. The Kier molecular flexibility index (Phi) is 7.02. The van der Waals surface area contributed by atoms with Crippen LogP contribution in [0.4, 0.5) is 4.39 Å². The summed E-state index contributed by atoms with van der Waals surface area (Å²) in [5, 5.41) is 0. The van der Waals surface area contributed by atoms with E-state index in [4.69, 9.17) is 14.2 Å². The Balaban J connectivity index is 1.96. The van der Waals surface area contributed by atoms with Gasteiger partial charge in [-0.05, 0) is 30.3 Å². The Hall–Kier alpha value is -3.02. The van der Waals surface area contributed by atoms with E-state index in [1.54, 1.807) is 49.5 Å². The highest BCUT2D eigenvalue weighted by Crippen LogP contribution is 2.28. The van der Waals surface area contributed by atoms with Crippen molar-refractivity contribution >= 4 is 5.91 Å². The molecule has 0 heterocycles. The topological polar surface area (TPSA) is 48.0 Å². The van der Waals surface area contributed by atoms with Crippen molar-refractivity contribution in [3.05, 3.63) is 66.5 Å². The standard InChI is InChI=1S/C20H22FNO4/c1-4-12-25-18-10-9-15(14-19(18)24-3)20(23)22(2)11-13-26-17-8-6-5-7-16(17)21/h4-10,14H,1,11-13H2,2-3H3. The minimum absolute atomic E-state index is 0.165. The molecule has 2 aromatic rings. The van der Waals surface area contributed by atoms with Crippen LogP contribution in [0.15, 0.2) is 55.1 Å². The zero-order chi connectivity index (χ0) is 18.9. The predicted molar refractivity (Wildman–Crippen MR) is 97.5 cm³/mol. The third kappa shape index (κ3) is 4.99. The van der Waals surface area contributed by atoms with E-state index in [1.807, 2.05) is 0 Å². The molecule has 0 saturated carbocycles. The van der Waals surface area contributed by atoms with E-state index < -0.39 is 5.82 Å². The number of carbonyl (C=O) groups is 1. The molecule has 6 heteroatoms. The third-order valence-corrected chi connectivity index (χ3v) is 3.63. The van der Waals surface area contributed by atoms with Gasteiger partial charge < -0.3 is 19.1 Å². The Morgan fingerprint density at radius 1 is 1.15 bits per heavy atom. The minimum atomic E-state index is -0.429. The van der Waals surface area contributed by atoms with E-state index in [-0.39, 0.29) is 18.3 Å². The molecule has 0 N–H and O–H groups in total. The van der Waals surface area contributed by atoms with Crippen molar-refractivity contribution in [1.82, 2.24) is 4.90 Å². The first-order valence-electron chi connectivity index (χ1n) is 8.11. The highest BCUT2D eigenvalue weighted by atomic mass is 19.1. The van der Waals surface area contributed by atoms with Gasteiger partial charge in [0.1, 0.15) is 13.2 Å². The number of methoxy groups -OCH3 is 1. The lowest BCUT2D eigenvalue weighted by molar-refractivity contribution is 0.0772. The van der Waals surface area contributed by atoms with Gasteiger partial charge in [0.25, 0.3) is 5.91 Å². The van der Waals surface area contributed by atoms with Crippen molar-refractivity contribution in [1.29, 1.82) is 0 Å². The summed E-state index contributed by atoms with van der Waals surface area (Å²) in [5.41, 5.74) is 0.459. The lowest BCUT2D eigenvalue weighted by atomic mass is 10.1. The molecule has 26 heavy (non-hydrogen) atoms. The zero-order valence-electron chi connectivity index (χ0n) is 14.9. The molecule has 5 nitrogen and oxygen atoms in total. The molecule has 0 aliphatic heterocycles. The first-order valence-corrected chi connectivity index (χ1v) is 8.11. The lowest BCUT2D eigenvalue weighted by Gasteiger charge is -2.18. The van der Waals surface area contributed by atoms with Crippen LogP contribution in [0.2, 0.25) is 0 Å². The van der Waals surface area contributed by atoms with Crippen LogP contribution < -0.4 is 14.2 Å². The average molecular weight is 359 g/mol. The number of likely N-dealkylation sites (N-methyl/N-ethyl adjacent to an activating group) is 1. The second-order valence-corrected chi connectivity index (χ2v) is 5.47. The van der Waals surface area contributed by atoms with Crippen LogP contribution >= 0.6 is 0 Å². The van der Waals surface area contributed by atoms with Gasteiger partial charge in [0, 0.05) is 12.6 Å². The van der Waals surface area contributed by atoms with Crippen LogP contribution in [-0.4, -0.2) is 44.7 Å². The summed E-state index contributed by atoms with van der Waals surface area (Å²) in [6, 6.07) is 11.1. The van der Waals surface area contributed by atoms with Crippen LogP contribution in [0.3, 0.4) is 0 Å². The molecule has 0 spiro atoms. The maximum atomic E-state index is 13.5. The van der Waals surface area contributed by atoms with Gasteiger partial charge >= 0.3 is 0 Å². The molecule has 0 unspecified atom stereocenters. The Labute approximate surface area is 152 Å². The number of hydrogen-bond acceptors (Lipinski definition) is 4. The second kappa shape index (κ2) is 9.46. The number of benzene rings is 2. The van der Waals surface area contributed by atoms with Gasteiger partial charge in [0.15, 0.2) is 23.1 Å². The molecule has 1 amide bonds. The average Bonchev–Trinajstić information content (AvgIpc) is 2.67. The first-order chi connectivity index (χ1) is 12.6. The summed E-state index contributed by atoms with van der Waals surface area (Å²) in [6.07, 6.45) is 1.63. The molecule has 0 saturated heterocycles. The summed E-state index contributed by atoms with van der Waals surface area (Å²) in [6.45, 7) is 4.43. The summed E-state index contributed by atoms with van der Waals surface area (Å²) >= 11 is 0. The summed E-state index contributed by atoms with van der Waals surface area (Å²) < 4.78 is 29.6. The van der Waals surface area contributed by atoms with Gasteiger partial charge in [-0.3, -0.25) is 4.79 Å². The second-order valence-electron chi connectivity index (χ2n) is 5.47. The number of amides is 1. The lowest BCUT2D eigenvalue weighted by Crippen LogP contribution is -2.31. The number of para-hydroxylation sites is 1. The number of hydrogen-bond donors (Lipinski definition) is 0. The highest BCUT2D eigenvalue weighted by Gasteiger charge is 2.15. The van der Waals surface area contributed by atoms with E-state index in [9.17, 15) is 9.18 Å². The van der Waals surface area contributed by atoms with Gasteiger partial charge in [0.2, 0.25) is 0 Å². The Morgan fingerprint density at radius 2 is 1.92 bits per heavy atom. The van der Waals surface area contributed by atoms with Crippen LogP contribution in [0.1, 0.15) is 10.4 Å². The number of halogens is 1. The monoisotopic (exact) mass is 359 g/mol. The molecule has 0 radical (unpaired) electrons. The van der Waals surface area contributed by atoms with Crippen molar-refractivity contribution in [3.8, 4) is 17.2 Å². The van der Waals surface area contributed by atoms with Gasteiger partial charge in [-0.2, -0.15) is 0 Å². The highest BCUT2D eigenvalue weighted by molar-refractivity contribution is 5.94. The molecular formula is C20H22FNO4. The Morgan fingerprint density at radius 3 is 2.62 bits per heavy atom. The van der Waals surface area contributed by atoms with Gasteiger partial charge in [0.05, 0.1) is 13.7 Å². The van der Waals surface area contributed by atoms with E-state index in [0.717, 1.165) is 0 Å². The van der Waals surface area contributed by atoms with E-state index in [0.29, 0.717) is 30.2 Å². The SMILES string of the molecule is C=CCOc1ccc(C(=O)N(C)CCOc2ccccc2F)cc1OC. The van der Waals surface area contributed by atoms with Crippen LogP contribution in [0.5, 0.6) is 17.2 Å². The molecule has 2 rings (SSSR count). The number of rotatable bonds is 9. The van der Waals surface area contributed by atoms with Crippen molar-refractivity contribution in [2.24, 2.45) is 0 Å². The van der Waals surface area contributed by atoms with Crippen molar-refractivity contribution in [2.75, 3.05) is 33.9 Å².